The molecule has 0 bridgehead atoms. The van der Waals surface area contributed by atoms with E-state index in [9.17, 15) is 4.79 Å². The van der Waals surface area contributed by atoms with Gasteiger partial charge >= 0.3 is 0 Å². The van der Waals surface area contributed by atoms with E-state index >= 15 is 0 Å². The summed E-state index contributed by atoms with van der Waals surface area (Å²) in [5, 5.41) is 1.09. The summed E-state index contributed by atoms with van der Waals surface area (Å²) in [6, 6.07) is 15.9. The molecule has 1 fully saturated rings. The summed E-state index contributed by atoms with van der Waals surface area (Å²) in [4.78, 5) is 34.2. The Morgan fingerprint density at radius 1 is 0.969 bits per heavy atom. The van der Waals surface area contributed by atoms with Gasteiger partial charge in [0.25, 0.3) is 0 Å². The third kappa shape index (κ3) is 3.31. The summed E-state index contributed by atoms with van der Waals surface area (Å²) in [7, 11) is 0. The maximum absolute atomic E-state index is 12.9. The monoisotopic (exact) mass is 443 g/mol. The molecular formula is C23H21N7OS. The van der Waals surface area contributed by atoms with Gasteiger partial charge in [-0.15, -0.1) is 11.3 Å². The van der Waals surface area contributed by atoms with Crippen LogP contribution in [0.15, 0.2) is 60.4 Å². The van der Waals surface area contributed by atoms with Crippen molar-refractivity contribution in [3.63, 3.8) is 0 Å². The van der Waals surface area contributed by atoms with E-state index in [2.05, 4.69) is 19.9 Å². The fourth-order valence-electron chi connectivity index (χ4n) is 4.23. The maximum atomic E-state index is 12.9. The highest BCUT2D eigenvalue weighted by atomic mass is 32.1. The number of para-hydroxylation sites is 4. The van der Waals surface area contributed by atoms with Crippen LogP contribution < -0.4 is 4.90 Å². The molecule has 4 heterocycles. The molecule has 1 aliphatic heterocycles. The molecule has 2 aromatic carbocycles. The number of aromatic amines is 1. The van der Waals surface area contributed by atoms with E-state index in [4.69, 9.17) is 4.98 Å². The summed E-state index contributed by atoms with van der Waals surface area (Å²) < 4.78 is 1.92. The van der Waals surface area contributed by atoms with Crippen molar-refractivity contribution in [2.45, 2.75) is 6.54 Å². The summed E-state index contributed by atoms with van der Waals surface area (Å²) in [5.41, 5.74) is 6.57. The number of rotatable bonds is 4. The molecule has 0 radical (unpaired) electrons. The molecule has 0 spiro atoms. The molecule has 6 rings (SSSR count). The number of hydrogen-bond donors (Lipinski definition) is 1. The van der Waals surface area contributed by atoms with Crippen molar-refractivity contribution >= 4 is 44.3 Å². The Hall–Kier alpha value is -3.72. The Labute approximate surface area is 188 Å². The number of imidazole rings is 2. The molecule has 3 aromatic heterocycles. The van der Waals surface area contributed by atoms with Gasteiger partial charge in [-0.2, -0.15) is 0 Å². The molecule has 9 heteroatoms. The van der Waals surface area contributed by atoms with E-state index in [0.29, 0.717) is 19.6 Å². The number of amides is 1. The lowest BCUT2D eigenvalue weighted by Gasteiger charge is -2.35. The molecule has 8 nitrogen and oxygen atoms in total. The number of hydrogen-bond acceptors (Lipinski definition) is 6. The van der Waals surface area contributed by atoms with Crippen LogP contribution in [0.4, 0.5) is 5.00 Å². The highest BCUT2D eigenvalue weighted by molar-refractivity contribution is 7.14. The van der Waals surface area contributed by atoms with Crippen molar-refractivity contribution < 1.29 is 4.79 Å². The number of nitrogens with one attached hydrogen (secondary N) is 1. The molecular weight excluding hydrogens is 422 g/mol. The minimum absolute atomic E-state index is 0.120. The van der Waals surface area contributed by atoms with Crippen molar-refractivity contribution in [3.8, 4) is 11.5 Å². The van der Waals surface area contributed by atoms with Gasteiger partial charge in [-0.1, -0.05) is 24.3 Å². The second-order valence-corrected chi connectivity index (χ2v) is 8.67. The highest BCUT2D eigenvalue weighted by Crippen LogP contribution is 2.33. The Morgan fingerprint density at radius 3 is 2.59 bits per heavy atom. The summed E-state index contributed by atoms with van der Waals surface area (Å²) in [5.74, 6) is 0.905. The smallest absolute Gasteiger partial charge is 0.242 e. The first kappa shape index (κ1) is 19.0. The maximum Gasteiger partial charge on any atom is 0.242 e. The van der Waals surface area contributed by atoms with Crippen LogP contribution in [-0.2, 0) is 11.3 Å². The average Bonchev–Trinajstić information content (AvgIpc) is 3.57. The lowest BCUT2D eigenvalue weighted by atomic mass is 10.3. The predicted molar refractivity (Wildman–Crippen MR) is 126 cm³/mol. The minimum Gasteiger partial charge on any atom is -0.358 e. The van der Waals surface area contributed by atoms with Crippen LogP contribution in [-0.4, -0.2) is 61.5 Å². The van der Waals surface area contributed by atoms with E-state index < -0.39 is 0 Å². The van der Waals surface area contributed by atoms with Crippen LogP contribution in [0.3, 0.4) is 0 Å². The number of H-pyrrole nitrogens is 1. The van der Waals surface area contributed by atoms with E-state index in [-0.39, 0.29) is 5.91 Å². The van der Waals surface area contributed by atoms with Crippen LogP contribution in [0.25, 0.3) is 33.6 Å². The number of nitrogens with zero attached hydrogens (tertiary/aromatic N) is 6. The second kappa shape index (κ2) is 7.76. The third-order valence-electron chi connectivity index (χ3n) is 5.91. The molecule has 32 heavy (non-hydrogen) atoms. The number of fused-ring (bicyclic) bond motifs is 2. The van der Waals surface area contributed by atoms with Crippen molar-refractivity contribution in [3.05, 3.63) is 60.4 Å². The quantitative estimate of drug-likeness (QED) is 0.460. The number of piperazine rings is 1. The van der Waals surface area contributed by atoms with Crippen LogP contribution in [0.1, 0.15) is 0 Å². The van der Waals surface area contributed by atoms with Gasteiger partial charge in [-0.25, -0.2) is 15.0 Å². The van der Waals surface area contributed by atoms with E-state index in [1.54, 1.807) is 17.7 Å². The number of benzene rings is 2. The van der Waals surface area contributed by atoms with Gasteiger partial charge in [0.2, 0.25) is 5.91 Å². The average molecular weight is 444 g/mol. The normalized spacial score (nSPS) is 14.5. The van der Waals surface area contributed by atoms with Crippen molar-refractivity contribution in [2.24, 2.45) is 0 Å². The van der Waals surface area contributed by atoms with Crippen LogP contribution >= 0.6 is 11.3 Å². The Bertz CT molecular complexity index is 1380. The van der Waals surface area contributed by atoms with Crippen LogP contribution in [0.5, 0.6) is 0 Å². The second-order valence-electron chi connectivity index (χ2n) is 7.84. The fraction of sp³-hybridized carbons (Fsp3) is 0.217. The van der Waals surface area contributed by atoms with Crippen molar-refractivity contribution in [1.29, 1.82) is 0 Å². The molecule has 0 saturated carbocycles. The molecule has 1 N–H and O–H groups in total. The number of carbonyl (C=O) groups excluding carboxylic acids is 1. The number of carbonyl (C=O) groups is 1. The predicted octanol–water partition coefficient (Wildman–Crippen LogP) is 3.38. The van der Waals surface area contributed by atoms with Crippen molar-refractivity contribution in [2.75, 3.05) is 31.1 Å². The van der Waals surface area contributed by atoms with Gasteiger partial charge in [0.15, 0.2) is 5.82 Å². The largest absolute Gasteiger partial charge is 0.358 e. The topological polar surface area (TPSA) is 82.9 Å². The molecule has 0 aliphatic carbocycles. The first-order chi connectivity index (χ1) is 15.8. The highest BCUT2D eigenvalue weighted by Gasteiger charge is 2.25. The Morgan fingerprint density at radius 2 is 1.75 bits per heavy atom. The summed E-state index contributed by atoms with van der Waals surface area (Å²) >= 11 is 1.61. The van der Waals surface area contributed by atoms with Crippen LogP contribution in [0, 0.1) is 0 Å². The van der Waals surface area contributed by atoms with Gasteiger partial charge in [-0.3, -0.25) is 4.79 Å². The number of anilines is 1. The molecule has 0 unspecified atom stereocenters. The lowest BCUT2D eigenvalue weighted by Crippen LogP contribution is -2.49. The summed E-state index contributed by atoms with van der Waals surface area (Å²) in [6.07, 6.45) is 1.75. The van der Waals surface area contributed by atoms with Gasteiger partial charge in [-0.05, 0) is 24.3 Å². The zero-order valence-corrected chi connectivity index (χ0v) is 18.1. The van der Waals surface area contributed by atoms with Crippen molar-refractivity contribution in [1.82, 2.24) is 29.4 Å². The van der Waals surface area contributed by atoms with Gasteiger partial charge in [0, 0.05) is 26.2 Å². The molecule has 1 amide bonds. The Balaban J connectivity index is 1.15. The van der Waals surface area contributed by atoms with Gasteiger partial charge < -0.3 is 19.4 Å². The molecule has 1 saturated heterocycles. The fourth-order valence-corrected chi connectivity index (χ4v) is 5.08. The van der Waals surface area contributed by atoms with Gasteiger partial charge in [0.05, 0.1) is 33.9 Å². The number of thiazole rings is 1. The lowest BCUT2D eigenvalue weighted by molar-refractivity contribution is -0.132. The van der Waals surface area contributed by atoms with E-state index in [1.807, 2.05) is 63.5 Å². The standard InChI is InChI=1S/C23H21N7OS/c31-20(13-30-14-24-18-7-3-4-8-19(18)30)28-9-11-29(12-10-28)23-21(25-15-32-23)22-26-16-5-1-2-6-17(16)27-22/h1-8,14-15H,9-13H2,(H,26,27). The van der Waals surface area contributed by atoms with E-state index in [1.165, 1.54) is 0 Å². The van der Waals surface area contributed by atoms with Crippen LogP contribution in [0.2, 0.25) is 0 Å². The summed E-state index contributed by atoms with van der Waals surface area (Å²) in [6.45, 7) is 3.22. The first-order valence-corrected chi connectivity index (χ1v) is 11.5. The molecule has 1 aliphatic rings. The zero-order valence-electron chi connectivity index (χ0n) is 17.3. The first-order valence-electron chi connectivity index (χ1n) is 10.6. The van der Waals surface area contributed by atoms with E-state index in [0.717, 1.165) is 51.7 Å². The molecule has 160 valence electrons. The minimum atomic E-state index is 0.120. The SMILES string of the molecule is O=C(Cn1cnc2ccccc21)N1CCN(c2scnc2-c2nc3ccccc3[nH]2)CC1. The van der Waals surface area contributed by atoms with Gasteiger partial charge in [0.1, 0.15) is 17.2 Å². The Kier molecular flexibility index (Phi) is 4.61. The number of aromatic nitrogens is 5. The third-order valence-corrected chi connectivity index (χ3v) is 6.80. The molecule has 5 aromatic rings. The zero-order chi connectivity index (χ0) is 21.5. The molecule has 0 atom stereocenters.